The highest BCUT2D eigenvalue weighted by molar-refractivity contribution is 6.13. The second-order valence-electron chi connectivity index (χ2n) is 13.1. The number of carbonyl (C=O) groups excluding carboxylic acids is 7. The van der Waals surface area contributed by atoms with E-state index in [1.807, 2.05) is 0 Å². The first-order chi connectivity index (χ1) is 30.3. The van der Waals surface area contributed by atoms with Crippen molar-refractivity contribution < 1.29 is 95.2 Å². The number of esters is 1. The molecule has 22 heteroatoms. The Hall–Kier alpha value is -3.81. The summed E-state index contributed by atoms with van der Waals surface area (Å²) in [6.45, 7) is 9.09. The van der Waals surface area contributed by atoms with Crippen molar-refractivity contribution in [2.75, 3.05) is 159 Å². The number of ketones is 1. The first kappa shape index (κ1) is 54.3. The van der Waals surface area contributed by atoms with Crippen molar-refractivity contribution in [1.29, 1.82) is 0 Å². The van der Waals surface area contributed by atoms with E-state index < -0.39 is 23.8 Å². The summed E-state index contributed by atoms with van der Waals surface area (Å²) in [6, 6.07) is 0. The highest BCUT2D eigenvalue weighted by atomic mass is 16.7. The first-order valence-corrected chi connectivity index (χ1v) is 20.9. The van der Waals surface area contributed by atoms with E-state index in [2.05, 4.69) is 4.84 Å². The van der Waals surface area contributed by atoms with Gasteiger partial charge < -0.3 is 61.7 Å². The van der Waals surface area contributed by atoms with Gasteiger partial charge in [-0.1, -0.05) is 0 Å². The molecule has 1 saturated heterocycles. The lowest BCUT2D eigenvalue weighted by Gasteiger charge is -2.12. The van der Waals surface area contributed by atoms with Crippen LogP contribution in [0.15, 0.2) is 12.2 Å². The van der Waals surface area contributed by atoms with Crippen LogP contribution in [0.2, 0.25) is 0 Å². The van der Waals surface area contributed by atoms with Crippen LogP contribution in [0.25, 0.3) is 0 Å². The molecule has 354 valence electrons. The summed E-state index contributed by atoms with van der Waals surface area (Å²) in [5.41, 5.74) is 0. The Morgan fingerprint density at radius 3 is 1.10 bits per heavy atom. The van der Waals surface area contributed by atoms with Crippen LogP contribution in [-0.2, 0) is 95.2 Å². The molecule has 0 aromatic heterocycles. The molecule has 0 radical (unpaired) electrons. The number of Topliss-reactive ketones (excluding diaryl/α,β-unsaturated/α-hetero) is 1. The second kappa shape index (κ2) is 37.7. The van der Waals surface area contributed by atoms with Crippen molar-refractivity contribution in [2.45, 2.75) is 44.9 Å². The minimum absolute atomic E-state index is 0.000639. The van der Waals surface area contributed by atoms with Crippen molar-refractivity contribution >= 4 is 41.4 Å². The zero-order valence-corrected chi connectivity index (χ0v) is 35.6. The third-order valence-electron chi connectivity index (χ3n) is 8.20. The Balaban J connectivity index is 1.15. The monoisotopic (exact) mass is 892 g/mol. The quantitative estimate of drug-likeness (QED) is 0.0435. The summed E-state index contributed by atoms with van der Waals surface area (Å²) in [7, 11) is 0. The lowest BCUT2D eigenvalue weighted by Crippen LogP contribution is -2.32. The number of imide groups is 2. The fraction of sp³-hybridized carbons (Fsp3) is 0.775. The molecule has 2 rings (SSSR count). The molecule has 0 spiro atoms. The van der Waals surface area contributed by atoms with Crippen molar-refractivity contribution in [3.8, 4) is 0 Å². The van der Waals surface area contributed by atoms with Crippen LogP contribution in [0.3, 0.4) is 0 Å². The number of ether oxygens (including phenoxy) is 12. The summed E-state index contributed by atoms with van der Waals surface area (Å²) in [5, 5.41) is 0.432. The van der Waals surface area contributed by atoms with Crippen LogP contribution in [0.4, 0.5) is 0 Å². The number of hydroxylamine groups is 2. The fourth-order valence-corrected chi connectivity index (χ4v) is 4.98. The van der Waals surface area contributed by atoms with E-state index in [0.29, 0.717) is 157 Å². The lowest BCUT2D eigenvalue weighted by molar-refractivity contribution is -0.197. The minimum Gasteiger partial charge on any atom is -0.463 e. The molecule has 4 amide bonds. The number of hydrogen-bond acceptors (Lipinski definition) is 20. The molecule has 1 fully saturated rings. The molecular formula is C40H64N2O20. The lowest BCUT2D eigenvalue weighted by atomic mass is 10.1. The predicted octanol–water partition coefficient (Wildman–Crippen LogP) is -0.236. The Morgan fingerprint density at radius 1 is 0.403 bits per heavy atom. The smallest absolute Gasteiger partial charge is 0.333 e. The summed E-state index contributed by atoms with van der Waals surface area (Å²) in [4.78, 5) is 86.9. The Morgan fingerprint density at radius 2 is 0.726 bits per heavy atom. The average Bonchev–Trinajstić information content (AvgIpc) is 3.76. The van der Waals surface area contributed by atoms with Crippen LogP contribution < -0.4 is 0 Å². The van der Waals surface area contributed by atoms with E-state index in [0.717, 1.165) is 4.90 Å². The molecule has 0 N–H and O–H groups in total. The van der Waals surface area contributed by atoms with Gasteiger partial charge in [0.05, 0.1) is 152 Å². The Kier molecular flexibility index (Phi) is 33.0. The topological polar surface area (TPSA) is 246 Å². The third kappa shape index (κ3) is 29.5. The molecule has 0 aliphatic carbocycles. The van der Waals surface area contributed by atoms with E-state index in [9.17, 15) is 33.6 Å². The molecular weight excluding hydrogens is 828 g/mol. The van der Waals surface area contributed by atoms with Gasteiger partial charge in [0.1, 0.15) is 12.4 Å². The zero-order chi connectivity index (χ0) is 44.7. The molecule has 2 aliphatic rings. The summed E-state index contributed by atoms with van der Waals surface area (Å²) in [6.07, 6.45) is 2.88. The molecule has 22 nitrogen and oxygen atoms in total. The van der Waals surface area contributed by atoms with Gasteiger partial charge in [0, 0.05) is 51.0 Å². The van der Waals surface area contributed by atoms with Gasteiger partial charge in [0.2, 0.25) is 0 Å². The van der Waals surface area contributed by atoms with Gasteiger partial charge in [0.25, 0.3) is 23.6 Å². The van der Waals surface area contributed by atoms with Crippen molar-refractivity contribution in [2.24, 2.45) is 0 Å². The highest BCUT2D eigenvalue weighted by Crippen LogP contribution is 2.13. The van der Waals surface area contributed by atoms with Gasteiger partial charge in [-0.3, -0.25) is 33.7 Å². The number of nitrogens with zero attached hydrogens (tertiary/aromatic N) is 2. The highest BCUT2D eigenvalue weighted by Gasteiger charge is 2.33. The van der Waals surface area contributed by atoms with E-state index in [-0.39, 0.29) is 69.5 Å². The van der Waals surface area contributed by atoms with Crippen LogP contribution in [0.5, 0.6) is 0 Å². The van der Waals surface area contributed by atoms with Gasteiger partial charge >= 0.3 is 11.9 Å². The number of amides is 4. The van der Waals surface area contributed by atoms with Crippen LogP contribution in [0.1, 0.15) is 44.9 Å². The average molecular weight is 893 g/mol. The predicted molar refractivity (Wildman–Crippen MR) is 211 cm³/mol. The standard InChI is InChI=1S/C40H64N2O20/c43-34(9-10-41-35(44)3-4-36(41)45)2-1-11-50-12-13-51-14-15-52-16-17-53-18-19-54-20-21-55-22-23-56-24-25-57-26-27-58-28-29-59-30-31-60-32-33-61-39(48)7-8-40(49)62-42-37(46)5-6-38(42)47/h3-4H,1-2,5-33H2. The fourth-order valence-electron chi connectivity index (χ4n) is 4.98. The van der Waals surface area contributed by atoms with E-state index in [1.165, 1.54) is 12.2 Å². The van der Waals surface area contributed by atoms with E-state index >= 15 is 0 Å². The normalized spacial score (nSPS) is 13.9. The molecule has 62 heavy (non-hydrogen) atoms. The maximum atomic E-state index is 11.9. The van der Waals surface area contributed by atoms with Crippen LogP contribution in [-0.4, -0.2) is 210 Å². The summed E-state index contributed by atoms with van der Waals surface area (Å²) < 4.78 is 64.8. The van der Waals surface area contributed by atoms with E-state index in [4.69, 9.17) is 56.8 Å². The van der Waals surface area contributed by atoms with Gasteiger partial charge in [-0.25, -0.2) is 4.79 Å². The maximum absolute atomic E-state index is 11.9. The third-order valence-corrected chi connectivity index (χ3v) is 8.20. The molecule has 0 saturated carbocycles. The van der Waals surface area contributed by atoms with Crippen molar-refractivity contribution in [3.05, 3.63) is 12.2 Å². The molecule has 2 heterocycles. The van der Waals surface area contributed by atoms with Gasteiger partial charge in [-0.05, 0) is 6.42 Å². The molecule has 0 unspecified atom stereocenters. The minimum atomic E-state index is -0.868. The summed E-state index contributed by atoms with van der Waals surface area (Å²) >= 11 is 0. The van der Waals surface area contributed by atoms with Crippen molar-refractivity contribution in [3.63, 3.8) is 0 Å². The molecule has 0 aromatic carbocycles. The van der Waals surface area contributed by atoms with Gasteiger partial charge in [0.15, 0.2) is 0 Å². The number of rotatable bonds is 44. The van der Waals surface area contributed by atoms with E-state index in [1.54, 1.807) is 0 Å². The second-order valence-corrected chi connectivity index (χ2v) is 13.1. The molecule has 0 atom stereocenters. The largest absolute Gasteiger partial charge is 0.463 e. The van der Waals surface area contributed by atoms with Gasteiger partial charge in [-0.2, -0.15) is 0 Å². The Bertz CT molecular complexity index is 1280. The summed E-state index contributed by atoms with van der Waals surface area (Å²) in [5.74, 6) is -3.45. The molecule has 0 aromatic rings. The first-order valence-electron chi connectivity index (χ1n) is 20.9. The Labute approximate surface area is 361 Å². The SMILES string of the molecule is O=C(CCCOCCOCCOCCOCCOCCOCCOCCOCCOCCOCCOCCOC(=O)CCC(=O)ON1C(=O)CCC1=O)CCN1C(=O)C=CC1=O. The van der Waals surface area contributed by atoms with Crippen LogP contribution >= 0.6 is 0 Å². The van der Waals surface area contributed by atoms with Gasteiger partial charge in [-0.15, -0.1) is 5.06 Å². The van der Waals surface area contributed by atoms with Crippen molar-refractivity contribution in [1.82, 2.24) is 9.96 Å². The molecule has 2 aliphatic heterocycles. The number of hydrogen-bond donors (Lipinski definition) is 0. The molecule has 0 bridgehead atoms. The number of carbonyl (C=O) groups is 7. The van der Waals surface area contributed by atoms with Crippen LogP contribution in [0, 0.1) is 0 Å². The zero-order valence-electron chi connectivity index (χ0n) is 35.6. The maximum Gasteiger partial charge on any atom is 0.333 e.